The normalized spacial score (nSPS) is 12.2. The van der Waals surface area contributed by atoms with Crippen LogP contribution in [0.3, 0.4) is 0 Å². The van der Waals surface area contributed by atoms with Gasteiger partial charge in [-0.15, -0.1) is 0 Å². The molecule has 216 valence electrons. The van der Waals surface area contributed by atoms with Crippen LogP contribution in [-0.4, -0.2) is 74.6 Å². The number of ether oxygens (including phenoxy) is 1. The summed E-state index contributed by atoms with van der Waals surface area (Å²) < 4.78 is 24.0. The predicted octanol–water partition coefficient (Wildman–Crippen LogP) is 5.21. The molecule has 5 rings (SSSR count). The molecule has 1 aliphatic heterocycles. The number of anilines is 1. The van der Waals surface area contributed by atoms with Gasteiger partial charge in [0.15, 0.2) is 17.3 Å². The molecule has 41 heavy (non-hydrogen) atoms. The maximum Gasteiger partial charge on any atom is 0.256 e. The van der Waals surface area contributed by atoms with Crippen LogP contribution in [0.4, 0.5) is 10.1 Å². The number of carbonyl (C=O) groups excluding carboxylic acids is 1. The Morgan fingerprint density at radius 2 is 1.61 bits per heavy atom. The minimum Gasteiger partial charge on any atom is -0.450 e. The minimum absolute atomic E-state index is 0.0270. The lowest BCUT2D eigenvalue weighted by molar-refractivity contribution is 0.0951. The fourth-order valence-electron chi connectivity index (χ4n) is 5.29. The Labute approximate surface area is 239 Å². The van der Waals surface area contributed by atoms with Gasteiger partial charge in [0.1, 0.15) is 16.8 Å². The summed E-state index contributed by atoms with van der Waals surface area (Å²) in [4.78, 5) is 31.0. The highest BCUT2D eigenvalue weighted by Gasteiger charge is 2.29. The van der Waals surface area contributed by atoms with Crippen molar-refractivity contribution in [2.75, 3.05) is 59.7 Å². The number of amides is 1. The molecule has 3 aromatic carbocycles. The fraction of sp³-hybridized carbons (Fsp3) is 0.375. The maximum absolute atomic E-state index is 15.7. The smallest absolute Gasteiger partial charge is 0.256 e. The molecule has 0 saturated heterocycles. The van der Waals surface area contributed by atoms with Crippen molar-refractivity contribution in [3.63, 3.8) is 0 Å². The van der Waals surface area contributed by atoms with Crippen molar-refractivity contribution in [2.45, 2.75) is 25.7 Å². The zero-order valence-corrected chi connectivity index (χ0v) is 24.2. The largest absolute Gasteiger partial charge is 0.450 e. The summed E-state index contributed by atoms with van der Waals surface area (Å²) in [6.07, 6.45) is 5.08. The Morgan fingerprint density at radius 3 is 2.34 bits per heavy atom. The molecule has 0 bridgehead atoms. The number of pyridine rings is 1. The third kappa shape index (κ3) is 5.92. The van der Waals surface area contributed by atoms with Gasteiger partial charge in [-0.2, -0.15) is 0 Å². The van der Waals surface area contributed by atoms with Gasteiger partial charge in [-0.05, 0) is 84.5 Å². The third-order valence-electron chi connectivity index (χ3n) is 7.41. The van der Waals surface area contributed by atoms with E-state index in [1.165, 1.54) is 6.07 Å². The number of fused-ring (bicyclic) bond motifs is 4. The molecule has 1 aliphatic rings. The summed E-state index contributed by atoms with van der Waals surface area (Å²) in [5.41, 5.74) is 0.794. The Morgan fingerprint density at radius 1 is 0.902 bits per heavy atom. The molecule has 2 heterocycles. The van der Waals surface area contributed by atoms with Crippen LogP contribution >= 0.6 is 0 Å². The van der Waals surface area contributed by atoms with Crippen LogP contribution < -0.4 is 20.8 Å². The first kappa shape index (κ1) is 28.6. The number of unbranched alkanes of at least 4 members (excludes halogenated alkanes) is 2. The molecule has 0 unspecified atom stereocenters. The molecule has 9 heteroatoms. The highest BCUT2D eigenvalue weighted by molar-refractivity contribution is 6.03. The average molecular weight is 560 g/mol. The van der Waals surface area contributed by atoms with E-state index < -0.39 is 17.2 Å². The van der Waals surface area contributed by atoms with Gasteiger partial charge in [-0.3, -0.25) is 9.59 Å². The van der Waals surface area contributed by atoms with Crippen LogP contribution in [-0.2, 0) is 0 Å². The van der Waals surface area contributed by atoms with E-state index in [0.717, 1.165) is 49.5 Å². The molecule has 0 atom stereocenters. The van der Waals surface area contributed by atoms with Crippen molar-refractivity contribution in [1.29, 1.82) is 0 Å². The Hall–Kier alpha value is -3.95. The van der Waals surface area contributed by atoms with Crippen LogP contribution in [0.5, 0.6) is 11.5 Å². The van der Waals surface area contributed by atoms with Crippen LogP contribution in [0.1, 0.15) is 36.0 Å². The number of hydrogen-bond acceptors (Lipinski definition) is 6. The molecule has 1 amide bonds. The monoisotopic (exact) mass is 559 g/mol. The van der Waals surface area contributed by atoms with E-state index in [9.17, 15) is 9.59 Å². The van der Waals surface area contributed by atoms with Gasteiger partial charge in [0.2, 0.25) is 5.43 Å². The van der Waals surface area contributed by atoms with Crippen LogP contribution in [0.25, 0.3) is 27.4 Å². The standard InChI is InChI=1S/C32H38FN5O3/c1-36(2)17-9-7-15-34-27-25(33)19-23-28-31(27)41-30-22-12-6-5-11-21(22)13-14-26(30)38(28)20-24(29(23)39)32(40)35-16-8-10-18-37(3)4/h5-6,11-14,19-20,34H,7-10,15-18H2,1-4H3,(H,35,40). The minimum atomic E-state index is -0.589. The van der Waals surface area contributed by atoms with E-state index in [0.29, 0.717) is 30.0 Å². The molecular weight excluding hydrogens is 521 g/mol. The maximum atomic E-state index is 15.7. The lowest BCUT2D eigenvalue weighted by atomic mass is 10.0. The van der Waals surface area contributed by atoms with Gasteiger partial charge in [0, 0.05) is 24.7 Å². The number of hydrogen-bond donors (Lipinski definition) is 2. The second-order valence-electron chi connectivity index (χ2n) is 11.1. The topological polar surface area (TPSA) is 78.8 Å². The van der Waals surface area contributed by atoms with Crippen molar-refractivity contribution < 1.29 is 13.9 Å². The summed E-state index contributed by atoms with van der Waals surface area (Å²) >= 11 is 0. The SMILES string of the molecule is CN(C)CCCCNC(=O)c1cn2c3c(c(NCCCCN(C)C)c(F)cc3c1=O)Oc1c-2ccc2ccccc12. The zero-order valence-electron chi connectivity index (χ0n) is 24.2. The Balaban J connectivity index is 1.58. The number of aromatic nitrogens is 1. The van der Waals surface area contributed by atoms with Gasteiger partial charge in [0.25, 0.3) is 5.91 Å². The van der Waals surface area contributed by atoms with Crippen molar-refractivity contribution in [2.24, 2.45) is 0 Å². The lowest BCUT2D eigenvalue weighted by Gasteiger charge is -2.27. The van der Waals surface area contributed by atoms with E-state index in [1.807, 2.05) is 64.6 Å². The van der Waals surface area contributed by atoms with Gasteiger partial charge < -0.3 is 29.7 Å². The highest BCUT2D eigenvalue weighted by atomic mass is 19.1. The van der Waals surface area contributed by atoms with E-state index in [-0.39, 0.29) is 22.4 Å². The first-order valence-electron chi connectivity index (χ1n) is 14.2. The fourth-order valence-corrected chi connectivity index (χ4v) is 5.29. The number of benzene rings is 3. The van der Waals surface area contributed by atoms with Crippen molar-refractivity contribution >= 4 is 33.3 Å². The number of nitrogens with one attached hydrogen (secondary N) is 2. The van der Waals surface area contributed by atoms with Gasteiger partial charge in [-0.1, -0.05) is 30.3 Å². The summed E-state index contributed by atoms with van der Waals surface area (Å²) in [5, 5.41) is 8.04. The van der Waals surface area contributed by atoms with Crippen LogP contribution in [0.2, 0.25) is 0 Å². The van der Waals surface area contributed by atoms with E-state index in [1.54, 1.807) is 10.8 Å². The molecule has 4 aromatic rings. The predicted molar refractivity (Wildman–Crippen MR) is 163 cm³/mol. The molecule has 2 N–H and O–H groups in total. The lowest BCUT2D eigenvalue weighted by Crippen LogP contribution is -2.31. The summed E-state index contributed by atoms with van der Waals surface area (Å²) in [6.45, 7) is 2.85. The quantitative estimate of drug-likeness (QED) is 0.204. The molecule has 0 fully saturated rings. The molecule has 0 spiro atoms. The van der Waals surface area contributed by atoms with E-state index >= 15 is 4.39 Å². The van der Waals surface area contributed by atoms with E-state index in [4.69, 9.17) is 4.74 Å². The number of nitrogens with zero attached hydrogens (tertiary/aromatic N) is 3. The van der Waals surface area contributed by atoms with Crippen molar-refractivity contribution in [1.82, 2.24) is 19.7 Å². The van der Waals surface area contributed by atoms with Crippen molar-refractivity contribution in [3.05, 3.63) is 70.3 Å². The zero-order chi connectivity index (χ0) is 29.1. The molecule has 8 nitrogen and oxygen atoms in total. The van der Waals surface area contributed by atoms with Gasteiger partial charge in [-0.25, -0.2) is 4.39 Å². The average Bonchev–Trinajstić information content (AvgIpc) is 2.94. The van der Waals surface area contributed by atoms with Crippen molar-refractivity contribution in [3.8, 4) is 17.2 Å². The Kier molecular flexibility index (Phi) is 8.56. The first-order chi connectivity index (χ1) is 19.8. The summed E-state index contributed by atoms with van der Waals surface area (Å²) in [5.74, 6) is -0.251. The second kappa shape index (κ2) is 12.3. The molecule has 1 aromatic heterocycles. The number of rotatable bonds is 12. The highest BCUT2D eigenvalue weighted by Crippen LogP contribution is 2.47. The van der Waals surface area contributed by atoms with Gasteiger partial charge >= 0.3 is 0 Å². The van der Waals surface area contributed by atoms with Crippen LogP contribution in [0, 0.1) is 5.82 Å². The number of carbonyl (C=O) groups is 1. The molecular formula is C32H38FN5O3. The molecule has 0 saturated carbocycles. The van der Waals surface area contributed by atoms with Crippen LogP contribution in [0.15, 0.2) is 53.5 Å². The summed E-state index contributed by atoms with van der Waals surface area (Å²) in [7, 11) is 8.05. The first-order valence-corrected chi connectivity index (χ1v) is 14.2. The molecule has 0 radical (unpaired) electrons. The summed E-state index contributed by atoms with van der Waals surface area (Å²) in [6, 6.07) is 12.9. The second-order valence-corrected chi connectivity index (χ2v) is 11.1. The third-order valence-corrected chi connectivity index (χ3v) is 7.41. The van der Waals surface area contributed by atoms with Gasteiger partial charge in [0.05, 0.1) is 11.1 Å². The Bertz CT molecular complexity index is 1650. The van der Waals surface area contributed by atoms with E-state index in [2.05, 4.69) is 20.4 Å². The number of halogens is 1. The molecule has 0 aliphatic carbocycles.